The zero-order valence-corrected chi connectivity index (χ0v) is 15.0. The predicted octanol–water partition coefficient (Wildman–Crippen LogP) is 5.09. The molecule has 2 aromatic heterocycles. The number of nitriles is 1. The van der Waals surface area contributed by atoms with E-state index in [-0.39, 0.29) is 0 Å². The first kappa shape index (κ1) is 16.2. The summed E-state index contributed by atoms with van der Waals surface area (Å²) in [7, 11) is 0. The van der Waals surface area contributed by atoms with Crippen molar-refractivity contribution >= 4 is 33.6 Å². The summed E-state index contributed by atoms with van der Waals surface area (Å²) in [4.78, 5) is 4.72. The van der Waals surface area contributed by atoms with E-state index in [1.54, 1.807) is 0 Å². The van der Waals surface area contributed by atoms with Crippen molar-refractivity contribution in [2.24, 2.45) is 0 Å². The van der Waals surface area contributed by atoms with Crippen LogP contribution in [0, 0.1) is 11.3 Å². The quantitative estimate of drug-likeness (QED) is 0.486. The van der Waals surface area contributed by atoms with Gasteiger partial charge in [-0.15, -0.1) is 0 Å². The van der Waals surface area contributed by atoms with Gasteiger partial charge in [0.25, 0.3) is 0 Å². The zero-order chi connectivity index (χ0) is 18.1. The summed E-state index contributed by atoms with van der Waals surface area (Å²) in [6.45, 7) is 5.87. The highest BCUT2D eigenvalue weighted by Gasteiger charge is 2.14. The van der Waals surface area contributed by atoms with Gasteiger partial charge >= 0.3 is 0 Å². The smallest absolute Gasteiger partial charge is 0.151 e. The molecule has 4 rings (SSSR count). The van der Waals surface area contributed by atoms with Crippen LogP contribution in [0.4, 0.5) is 0 Å². The molecule has 0 saturated carbocycles. The molecule has 128 valence electrons. The van der Waals surface area contributed by atoms with Crippen LogP contribution in [0.15, 0.2) is 54.7 Å². The molecule has 0 bridgehead atoms. The Morgan fingerprint density at radius 3 is 2.50 bits per heavy atom. The molecule has 26 heavy (non-hydrogen) atoms. The van der Waals surface area contributed by atoms with Gasteiger partial charge in [-0.3, -0.25) is 0 Å². The number of nitrogens with zero attached hydrogens (tertiary/aromatic N) is 4. The van der Waals surface area contributed by atoms with Crippen LogP contribution >= 0.6 is 0 Å². The van der Waals surface area contributed by atoms with E-state index in [4.69, 9.17) is 4.98 Å². The van der Waals surface area contributed by atoms with Crippen molar-refractivity contribution in [3.05, 3.63) is 66.1 Å². The van der Waals surface area contributed by atoms with Gasteiger partial charge in [-0.25, -0.2) is 4.98 Å². The minimum atomic E-state index is 0.585. The summed E-state index contributed by atoms with van der Waals surface area (Å²) in [5, 5.41) is 11.0. The number of para-hydroxylation sites is 3. The van der Waals surface area contributed by atoms with E-state index in [0.717, 1.165) is 40.9 Å². The Balaban J connectivity index is 1.93. The number of aryl methyl sites for hydroxylation is 2. The summed E-state index contributed by atoms with van der Waals surface area (Å²) < 4.78 is 4.31. The normalized spacial score (nSPS) is 12.0. The lowest BCUT2D eigenvalue weighted by molar-refractivity contribution is 0.775. The summed E-state index contributed by atoms with van der Waals surface area (Å²) in [5.74, 6) is 0.726. The van der Waals surface area contributed by atoms with Crippen LogP contribution in [0.1, 0.15) is 25.2 Å². The van der Waals surface area contributed by atoms with E-state index in [2.05, 4.69) is 47.4 Å². The van der Waals surface area contributed by atoms with Crippen LogP contribution in [0.25, 0.3) is 33.6 Å². The highest BCUT2D eigenvalue weighted by molar-refractivity contribution is 5.98. The van der Waals surface area contributed by atoms with Gasteiger partial charge < -0.3 is 9.13 Å². The maximum Gasteiger partial charge on any atom is 0.151 e. The molecular formula is C22H20N4. The largest absolute Gasteiger partial charge is 0.347 e. The second-order valence-corrected chi connectivity index (χ2v) is 6.23. The van der Waals surface area contributed by atoms with E-state index in [9.17, 15) is 5.26 Å². The van der Waals surface area contributed by atoms with E-state index >= 15 is 0 Å². The molecular weight excluding hydrogens is 320 g/mol. The molecule has 2 aromatic carbocycles. The first-order valence-corrected chi connectivity index (χ1v) is 8.92. The van der Waals surface area contributed by atoms with Crippen LogP contribution in [0.2, 0.25) is 0 Å². The van der Waals surface area contributed by atoms with Gasteiger partial charge in [0.1, 0.15) is 6.07 Å². The third kappa shape index (κ3) is 2.49. The summed E-state index contributed by atoms with van der Waals surface area (Å²) in [5.41, 5.74) is 4.79. The standard InChI is InChI=1S/C22H20N4/c1-3-25-15-17(18-9-5-7-11-20(18)25)13-16(14-23)22-24-19-10-6-8-12-21(19)26(22)4-2/h5-13,15H,3-4H2,1-2H3/b16-13-. The molecule has 0 aliphatic rings. The number of hydrogen-bond donors (Lipinski definition) is 0. The molecule has 4 aromatic rings. The van der Waals surface area contributed by atoms with Gasteiger partial charge in [0, 0.05) is 35.8 Å². The molecule has 0 unspecified atom stereocenters. The van der Waals surface area contributed by atoms with Crippen LogP contribution in [0.5, 0.6) is 0 Å². The van der Waals surface area contributed by atoms with Crippen molar-refractivity contribution in [3.8, 4) is 6.07 Å². The summed E-state index contributed by atoms with van der Waals surface area (Å²) in [6.07, 6.45) is 4.07. The second-order valence-electron chi connectivity index (χ2n) is 6.23. The summed E-state index contributed by atoms with van der Waals surface area (Å²) in [6, 6.07) is 18.7. The van der Waals surface area contributed by atoms with Crippen molar-refractivity contribution in [1.82, 2.24) is 14.1 Å². The lowest BCUT2D eigenvalue weighted by atomic mass is 10.1. The Morgan fingerprint density at radius 2 is 1.77 bits per heavy atom. The maximum atomic E-state index is 9.84. The highest BCUT2D eigenvalue weighted by atomic mass is 15.1. The van der Waals surface area contributed by atoms with Crippen LogP contribution in [0.3, 0.4) is 0 Å². The Labute approximate surface area is 152 Å². The molecule has 0 aliphatic carbocycles. The minimum absolute atomic E-state index is 0.585. The zero-order valence-electron chi connectivity index (χ0n) is 15.0. The lowest BCUT2D eigenvalue weighted by Gasteiger charge is -2.04. The summed E-state index contributed by atoms with van der Waals surface area (Å²) >= 11 is 0. The fraction of sp³-hybridized carbons (Fsp3) is 0.182. The number of fused-ring (bicyclic) bond motifs is 2. The molecule has 0 atom stereocenters. The number of aromatic nitrogens is 3. The Hall–Kier alpha value is -3.32. The number of benzene rings is 2. The molecule has 2 heterocycles. The van der Waals surface area contributed by atoms with Gasteiger partial charge in [-0.05, 0) is 38.1 Å². The molecule has 0 saturated heterocycles. The molecule has 0 fully saturated rings. The fourth-order valence-corrected chi connectivity index (χ4v) is 3.56. The number of allylic oxidation sites excluding steroid dienone is 1. The van der Waals surface area contributed by atoms with E-state index < -0.39 is 0 Å². The van der Waals surface area contributed by atoms with Crippen LogP contribution in [-0.4, -0.2) is 14.1 Å². The Kier molecular flexibility index (Phi) is 4.06. The molecule has 0 N–H and O–H groups in total. The first-order valence-electron chi connectivity index (χ1n) is 8.92. The van der Waals surface area contributed by atoms with Crippen molar-refractivity contribution in [1.29, 1.82) is 5.26 Å². The minimum Gasteiger partial charge on any atom is -0.347 e. The van der Waals surface area contributed by atoms with Crippen molar-refractivity contribution < 1.29 is 0 Å². The van der Waals surface area contributed by atoms with Crippen LogP contribution in [-0.2, 0) is 13.1 Å². The monoisotopic (exact) mass is 340 g/mol. The second kappa shape index (κ2) is 6.53. The number of imidazole rings is 1. The number of hydrogen-bond acceptors (Lipinski definition) is 2. The third-order valence-corrected chi connectivity index (χ3v) is 4.79. The van der Waals surface area contributed by atoms with Gasteiger partial charge in [-0.2, -0.15) is 5.26 Å². The van der Waals surface area contributed by atoms with Crippen molar-refractivity contribution in [2.45, 2.75) is 26.9 Å². The Bertz CT molecular complexity index is 1170. The van der Waals surface area contributed by atoms with E-state index in [1.807, 2.05) is 42.5 Å². The average Bonchev–Trinajstić information content (AvgIpc) is 3.24. The predicted molar refractivity (Wildman–Crippen MR) is 107 cm³/mol. The maximum absolute atomic E-state index is 9.84. The van der Waals surface area contributed by atoms with Gasteiger partial charge in [0.15, 0.2) is 5.82 Å². The molecule has 0 radical (unpaired) electrons. The van der Waals surface area contributed by atoms with Gasteiger partial charge in [0.2, 0.25) is 0 Å². The topological polar surface area (TPSA) is 46.5 Å². The third-order valence-electron chi connectivity index (χ3n) is 4.79. The highest BCUT2D eigenvalue weighted by Crippen LogP contribution is 2.27. The molecule has 0 amide bonds. The molecule has 0 aliphatic heterocycles. The SMILES string of the molecule is CCn1cc(/C=C(/C#N)c2nc3ccccc3n2CC)c2ccccc21. The van der Waals surface area contributed by atoms with Gasteiger partial charge in [0.05, 0.1) is 16.6 Å². The van der Waals surface area contributed by atoms with Gasteiger partial charge in [-0.1, -0.05) is 30.3 Å². The van der Waals surface area contributed by atoms with Crippen LogP contribution < -0.4 is 0 Å². The van der Waals surface area contributed by atoms with E-state index in [1.165, 1.54) is 5.52 Å². The molecule has 4 heteroatoms. The van der Waals surface area contributed by atoms with Crippen molar-refractivity contribution in [2.75, 3.05) is 0 Å². The van der Waals surface area contributed by atoms with Crippen molar-refractivity contribution in [3.63, 3.8) is 0 Å². The molecule has 4 nitrogen and oxygen atoms in total. The average molecular weight is 340 g/mol. The Morgan fingerprint density at radius 1 is 1.04 bits per heavy atom. The van der Waals surface area contributed by atoms with E-state index in [0.29, 0.717) is 5.57 Å². The number of rotatable bonds is 4. The fourth-order valence-electron chi connectivity index (χ4n) is 3.56. The first-order chi connectivity index (χ1) is 12.8. The lowest BCUT2D eigenvalue weighted by Crippen LogP contribution is -2.00. The molecule has 0 spiro atoms.